The summed E-state index contributed by atoms with van der Waals surface area (Å²) in [5.41, 5.74) is 5.80. The van der Waals surface area contributed by atoms with Crippen LogP contribution in [0, 0.1) is 0 Å². The molecular weight excluding hydrogens is 314 g/mol. The van der Waals surface area contributed by atoms with E-state index in [1.54, 1.807) is 10.9 Å². The summed E-state index contributed by atoms with van der Waals surface area (Å²) in [7, 11) is 1.90. The molecule has 0 aliphatic carbocycles. The summed E-state index contributed by atoms with van der Waals surface area (Å²) in [4.78, 5) is 4.67. The lowest BCUT2D eigenvalue weighted by molar-refractivity contribution is 0.616. The third-order valence-electron chi connectivity index (χ3n) is 4.27. The fourth-order valence-corrected chi connectivity index (χ4v) is 3.06. The minimum absolute atomic E-state index is 0.757. The molecule has 4 heterocycles. The van der Waals surface area contributed by atoms with Gasteiger partial charge in [-0.3, -0.25) is 4.68 Å². The molecule has 0 atom stereocenters. The molecule has 0 N–H and O–H groups in total. The van der Waals surface area contributed by atoms with Gasteiger partial charge in [0.25, 0.3) is 0 Å². The predicted molar refractivity (Wildman–Crippen MR) is 94.2 cm³/mol. The second-order valence-corrected chi connectivity index (χ2v) is 6.13. The van der Waals surface area contributed by atoms with E-state index >= 15 is 0 Å². The monoisotopic (exact) mass is 329 g/mol. The highest BCUT2D eigenvalue weighted by atomic mass is 16.3. The summed E-state index contributed by atoms with van der Waals surface area (Å²) in [6.45, 7) is 0. The quantitative estimate of drug-likeness (QED) is 0.508. The van der Waals surface area contributed by atoms with Crippen LogP contribution < -0.4 is 0 Å². The average molecular weight is 329 g/mol. The Bertz CT molecular complexity index is 1200. The largest absolute Gasteiger partial charge is 0.464 e. The van der Waals surface area contributed by atoms with E-state index < -0.39 is 0 Å². The molecule has 0 aliphatic rings. The van der Waals surface area contributed by atoms with E-state index in [9.17, 15) is 0 Å². The molecule has 5 rings (SSSR count). The van der Waals surface area contributed by atoms with Crippen molar-refractivity contribution in [3.05, 3.63) is 72.5 Å². The molecule has 0 amide bonds. The minimum atomic E-state index is 0.757. The highest BCUT2D eigenvalue weighted by Crippen LogP contribution is 2.20. The van der Waals surface area contributed by atoms with Crippen LogP contribution in [0.25, 0.3) is 27.9 Å². The third-order valence-corrected chi connectivity index (χ3v) is 4.27. The van der Waals surface area contributed by atoms with Crippen LogP contribution in [0.2, 0.25) is 0 Å². The van der Waals surface area contributed by atoms with Crippen molar-refractivity contribution in [1.82, 2.24) is 24.4 Å². The smallest absolute Gasteiger partial charge is 0.153 e. The highest BCUT2D eigenvalue weighted by Gasteiger charge is 2.08. The van der Waals surface area contributed by atoms with Crippen LogP contribution in [0.3, 0.4) is 0 Å². The molecular formula is C19H15N5O. The van der Waals surface area contributed by atoms with Gasteiger partial charge in [-0.25, -0.2) is 9.50 Å². The second kappa shape index (κ2) is 5.31. The normalized spacial score (nSPS) is 11.6. The maximum Gasteiger partial charge on any atom is 0.153 e. The molecule has 1 aromatic carbocycles. The van der Waals surface area contributed by atoms with Gasteiger partial charge in [0.1, 0.15) is 5.58 Å². The number of furan rings is 1. The number of fused-ring (bicyclic) bond motifs is 2. The molecule has 0 saturated carbocycles. The molecule has 0 spiro atoms. The zero-order valence-electron chi connectivity index (χ0n) is 13.6. The zero-order chi connectivity index (χ0) is 16.8. The first-order valence-electron chi connectivity index (χ1n) is 8.05. The molecule has 0 unspecified atom stereocenters. The summed E-state index contributed by atoms with van der Waals surface area (Å²) >= 11 is 0. The van der Waals surface area contributed by atoms with Crippen molar-refractivity contribution in [2.24, 2.45) is 7.05 Å². The Morgan fingerprint density at radius 1 is 1.08 bits per heavy atom. The van der Waals surface area contributed by atoms with Crippen LogP contribution in [-0.2, 0) is 13.5 Å². The van der Waals surface area contributed by atoms with Gasteiger partial charge in [0.05, 0.1) is 30.0 Å². The summed E-state index contributed by atoms with van der Waals surface area (Å²) < 4.78 is 8.99. The third kappa shape index (κ3) is 2.48. The summed E-state index contributed by atoms with van der Waals surface area (Å²) in [5, 5.41) is 9.96. The summed E-state index contributed by atoms with van der Waals surface area (Å²) in [5.74, 6) is 0. The van der Waals surface area contributed by atoms with Gasteiger partial charge in [-0.1, -0.05) is 6.07 Å². The van der Waals surface area contributed by atoms with Crippen molar-refractivity contribution in [3.63, 3.8) is 0 Å². The molecule has 6 heteroatoms. The van der Waals surface area contributed by atoms with Crippen molar-refractivity contribution >= 4 is 16.6 Å². The number of nitrogens with zero attached hydrogens (tertiary/aromatic N) is 5. The molecule has 0 bridgehead atoms. The van der Waals surface area contributed by atoms with Crippen molar-refractivity contribution in [3.8, 4) is 11.3 Å². The van der Waals surface area contributed by atoms with Crippen molar-refractivity contribution in [2.45, 2.75) is 6.42 Å². The van der Waals surface area contributed by atoms with Gasteiger partial charge in [-0.2, -0.15) is 10.2 Å². The Hall–Kier alpha value is -3.41. The molecule has 0 fully saturated rings. The van der Waals surface area contributed by atoms with Crippen LogP contribution in [0.15, 0.2) is 65.7 Å². The Kier molecular flexibility index (Phi) is 2.97. The SMILES string of the molecule is Cn1cc(-c2ccc3nc(Cc4ccc5occc5c4)cn3n2)cn1. The van der Waals surface area contributed by atoms with Crippen LogP contribution in [0.4, 0.5) is 0 Å². The molecule has 5 aromatic rings. The van der Waals surface area contributed by atoms with E-state index in [1.807, 2.05) is 54.4 Å². The fourth-order valence-electron chi connectivity index (χ4n) is 3.06. The Balaban J connectivity index is 1.49. The number of aryl methyl sites for hydroxylation is 1. The number of aromatic nitrogens is 5. The van der Waals surface area contributed by atoms with Crippen LogP contribution in [-0.4, -0.2) is 24.4 Å². The minimum Gasteiger partial charge on any atom is -0.464 e. The summed E-state index contributed by atoms with van der Waals surface area (Å²) in [6, 6.07) is 12.1. The van der Waals surface area contributed by atoms with Crippen LogP contribution >= 0.6 is 0 Å². The first kappa shape index (κ1) is 14.0. The van der Waals surface area contributed by atoms with Crippen LogP contribution in [0.1, 0.15) is 11.3 Å². The van der Waals surface area contributed by atoms with Gasteiger partial charge in [-0.15, -0.1) is 0 Å². The van der Waals surface area contributed by atoms with E-state index in [0.717, 1.165) is 40.0 Å². The van der Waals surface area contributed by atoms with E-state index in [4.69, 9.17) is 4.42 Å². The topological polar surface area (TPSA) is 61.2 Å². The van der Waals surface area contributed by atoms with Crippen molar-refractivity contribution in [2.75, 3.05) is 0 Å². The van der Waals surface area contributed by atoms with E-state index in [-0.39, 0.29) is 0 Å². The maximum absolute atomic E-state index is 5.39. The molecule has 122 valence electrons. The van der Waals surface area contributed by atoms with Gasteiger partial charge in [0, 0.05) is 30.6 Å². The first-order valence-corrected chi connectivity index (χ1v) is 8.05. The first-order chi connectivity index (χ1) is 12.2. The lowest BCUT2D eigenvalue weighted by atomic mass is 10.1. The van der Waals surface area contributed by atoms with E-state index in [2.05, 4.69) is 27.3 Å². The molecule has 0 aliphatic heterocycles. The van der Waals surface area contributed by atoms with E-state index in [0.29, 0.717) is 0 Å². The Morgan fingerprint density at radius 2 is 2.04 bits per heavy atom. The molecule has 25 heavy (non-hydrogen) atoms. The number of benzene rings is 1. The lowest BCUT2D eigenvalue weighted by Crippen LogP contribution is -1.92. The predicted octanol–water partition coefficient (Wildman–Crippen LogP) is 3.47. The molecule has 0 saturated heterocycles. The molecule has 4 aromatic heterocycles. The number of hydrogen-bond acceptors (Lipinski definition) is 4. The second-order valence-electron chi connectivity index (χ2n) is 6.13. The summed E-state index contributed by atoms with van der Waals surface area (Å²) in [6.07, 6.45) is 8.21. The number of rotatable bonds is 3. The Morgan fingerprint density at radius 3 is 2.92 bits per heavy atom. The lowest BCUT2D eigenvalue weighted by Gasteiger charge is -1.97. The average Bonchev–Trinajstić information content (AvgIpc) is 3.32. The van der Waals surface area contributed by atoms with Crippen molar-refractivity contribution < 1.29 is 4.42 Å². The van der Waals surface area contributed by atoms with E-state index in [1.165, 1.54) is 5.56 Å². The number of imidazole rings is 1. The molecule has 6 nitrogen and oxygen atoms in total. The van der Waals surface area contributed by atoms with Crippen LogP contribution in [0.5, 0.6) is 0 Å². The van der Waals surface area contributed by atoms with Gasteiger partial charge in [0.2, 0.25) is 0 Å². The number of hydrogen-bond donors (Lipinski definition) is 0. The van der Waals surface area contributed by atoms with Gasteiger partial charge in [-0.05, 0) is 35.9 Å². The highest BCUT2D eigenvalue weighted by molar-refractivity contribution is 5.77. The zero-order valence-corrected chi connectivity index (χ0v) is 13.6. The Labute approximate surface area is 143 Å². The van der Waals surface area contributed by atoms with Gasteiger partial charge >= 0.3 is 0 Å². The van der Waals surface area contributed by atoms with Crippen molar-refractivity contribution in [1.29, 1.82) is 0 Å². The fraction of sp³-hybridized carbons (Fsp3) is 0.105. The van der Waals surface area contributed by atoms with Gasteiger partial charge < -0.3 is 4.42 Å². The molecule has 0 radical (unpaired) electrons. The van der Waals surface area contributed by atoms with Gasteiger partial charge in [0.15, 0.2) is 5.65 Å². The standard InChI is InChI=1S/C19H15N5O/c1-23-11-15(10-20-23)17-3-5-19-21-16(12-24(19)22-17)9-13-2-4-18-14(8-13)6-7-25-18/h2-8,10-12H,9H2,1H3. The maximum atomic E-state index is 5.39.